The Labute approximate surface area is 276 Å². The second-order valence-electron chi connectivity index (χ2n) is 11.9. The maximum atomic E-state index is 15.0. The molecular weight excluding hydrogens is 636 g/mol. The summed E-state index contributed by atoms with van der Waals surface area (Å²) in [6, 6.07) is 9.09. The molecule has 0 saturated carbocycles. The van der Waals surface area contributed by atoms with Gasteiger partial charge >= 0.3 is 12.2 Å². The van der Waals surface area contributed by atoms with Crippen molar-refractivity contribution in [3.63, 3.8) is 0 Å². The van der Waals surface area contributed by atoms with Gasteiger partial charge in [-0.3, -0.25) is 14.6 Å². The number of amides is 3. The molecule has 4 aliphatic heterocycles. The zero-order valence-electron chi connectivity index (χ0n) is 26.6. The Kier molecular flexibility index (Phi) is 10.4. The summed E-state index contributed by atoms with van der Waals surface area (Å²) in [5.74, 6) is -1.33. The third-order valence-corrected chi connectivity index (χ3v) is 8.66. The minimum Gasteiger partial charge on any atom is -0.442 e. The van der Waals surface area contributed by atoms with E-state index in [1.165, 1.54) is 33.8 Å². The summed E-state index contributed by atoms with van der Waals surface area (Å²) < 4.78 is 56.9. The number of benzene rings is 2. The van der Waals surface area contributed by atoms with Crippen molar-refractivity contribution in [3.05, 3.63) is 48.0 Å². The Morgan fingerprint density at radius 2 is 1.33 bits per heavy atom. The number of carbonyl (C=O) groups excluding carboxylic acids is 3. The van der Waals surface area contributed by atoms with Crippen LogP contribution in [-0.4, -0.2) is 132 Å². The predicted molar refractivity (Wildman–Crippen MR) is 168 cm³/mol. The molecule has 260 valence electrons. The Hall–Kier alpha value is -4.25. The number of cyclic esters (lactones) is 2. The number of rotatable bonds is 11. The summed E-state index contributed by atoms with van der Waals surface area (Å²) in [6.07, 6.45) is -4.29. The van der Waals surface area contributed by atoms with E-state index in [0.717, 1.165) is 0 Å². The highest BCUT2D eigenvalue weighted by molar-refractivity contribution is 5.91. The molecular formula is C32H39F2N5O9. The van der Waals surface area contributed by atoms with Gasteiger partial charge in [0.1, 0.15) is 23.8 Å². The fourth-order valence-corrected chi connectivity index (χ4v) is 6.13. The fourth-order valence-electron chi connectivity index (χ4n) is 6.13. The maximum absolute atomic E-state index is 15.0. The van der Waals surface area contributed by atoms with Crippen molar-refractivity contribution in [1.29, 1.82) is 0 Å². The monoisotopic (exact) mass is 675 g/mol. The zero-order chi connectivity index (χ0) is 33.8. The van der Waals surface area contributed by atoms with Gasteiger partial charge < -0.3 is 43.5 Å². The van der Waals surface area contributed by atoms with E-state index >= 15 is 0 Å². The summed E-state index contributed by atoms with van der Waals surface area (Å²) in [4.78, 5) is 45.3. The van der Waals surface area contributed by atoms with Gasteiger partial charge in [-0.1, -0.05) is 0 Å². The van der Waals surface area contributed by atoms with Gasteiger partial charge in [0.2, 0.25) is 5.91 Å². The van der Waals surface area contributed by atoms with Crippen LogP contribution in [0, 0.1) is 11.6 Å². The normalized spacial score (nSPS) is 22.2. The van der Waals surface area contributed by atoms with Gasteiger partial charge in [-0.05, 0) is 36.4 Å². The lowest BCUT2D eigenvalue weighted by atomic mass is 10.2. The summed E-state index contributed by atoms with van der Waals surface area (Å²) >= 11 is 0. The van der Waals surface area contributed by atoms with E-state index in [9.17, 15) is 28.3 Å². The molecule has 2 aromatic carbocycles. The number of anilines is 4. The molecule has 3 amide bonds. The van der Waals surface area contributed by atoms with Crippen LogP contribution in [0.1, 0.15) is 6.92 Å². The van der Waals surface area contributed by atoms with Gasteiger partial charge in [-0.15, -0.1) is 0 Å². The third-order valence-electron chi connectivity index (χ3n) is 8.66. The molecule has 4 heterocycles. The molecule has 14 nitrogen and oxygen atoms in total. The number of aliphatic hydroxyl groups is 1. The third kappa shape index (κ3) is 7.72. The van der Waals surface area contributed by atoms with Gasteiger partial charge in [0.15, 0.2) is 6.29 Å². The molecule has 0 aliphatic carbocycles. The SMILES string of the molecule is CC(=O)N(CC(O)OC[C@H]1CN(c2ccc(N3CCOCC3)c(F)c2)C(=O)O1)C[C@H]1CN(c2ccc(N3CCOCC3)c(F)c2)C(=O)O1. The highest BCUT2D eigenvalue weighted by Gasteiger charge is 2.36. The van der Waals surface area contributed by atoms with E-state index in [1.807, 2.05) is 9.80 Å². The molecule has 1 unspecified atom stereocenters. The van der Waals surface area contributed by atoms with Crippen molar-refractivity contribution in [3.8, 4) is 0 Å². The van der Waals surface area contributed by atoms with Crippen LogP contribution >= 0.6 is 0 Å². The molecule has 2 aromatic rings. The highest BCUT2D eigenvalue weighted by atomic mass is 19.1. The van der Waals surface area contributed by atoms with Crippen LogP contribution in [-0.2, 0) is 28.5 Å². The summed E-state index contributed by atoms with van der Waals surface area (Å²) in [5.41, 5.74) is 1.51. The highest BCUT2D eigenvalue weighted by Crippen LogP contribution is 2.30. The first-order valence-corrected chi connectivity index (χ1v) is 15.9. The first-order chi connectivity index (χ1) is 23.2. The Morgan fingerprint density at radius 1 is 0.854 bits per heavy atom. The lowest BCUT2D eigenvalue weighted by molar-refractivity contribution is -0.149. The van der Waals surface area contributed by atoms with Crippen molar-refractivity contribution in [2.75, 3.05) is 105 Å². The zero-order valence-corrected chi connectivity index (χ0v) is 26.6. The number of hydrogen-bond acceptors (Lipinski definition) is 11. The standard InChI is InChI=1S/C32H39F2N5O9/c1-21(40)37(16-24-17-38(31(42)47-24)22-2-4-28(26(33)14-22)35-6-10-44-11-7-35)19-30(41)46-20-25-18-39(32(43)48-25)23-3-5-29(27(34)15-23)36-8-12-45-13-9-36/h2-5,14-15,24-25,30,41H,6-13,16-20H2,1H3/t24-,25+,30?/m0/s1. The van der Waals surface area contributed by atoms with E-state index in [-0.39, 0.29) is 32.8 Å². The van der Waals surface area contributed by atoms with E-state index < -0.39 is 48.2 Å². The maximum Gasteiger partial charge on any atom is 0.414 e. The van der Waals surface area contributed by atoms with Crippen LogP contribution in [0.15, 0.2) is 36.4 Å². The van der Waals surface area contributed by atoms with Crippen LogP contribution < -0.4 is 19.6 Å². The Bertz CT molecular complexity index is 1490. The minimum atomic E-state index is -1.44. The molecule has 0 bridgehead atoms. The number of hydrogen-bond donors (Lipinski definition) is 1. The average molecular weight is 676 g/mol. The van der Waals surface area contributed by atoms with Crippen molar-refractivity contribution in [1.82, 2.24) is 4.90 Å². The van der Waals surface area contributed by atoms with Crippen molar-refractivity contribution in [2.45, 2.75) is 25.4 Å². The lowest BCUT2D eigenvalue weighted by Gasteiger charge is -2.29. The minimum absolute atomic E-state index is 0.0372. The molecule has 6 rings (SSSR count). The van der Waals surface area contributed by atoms with Crippen molar-refractivity contribution >= 4 is 40.8 Å². The van der Waals surface area contributed by atoms with Crippen LogP contribution in [0.25, 0.3) is 0 Å². The fraction of sp³-hybridized carbons (Fsp3) is 0.531. The second-order valence-corrected chi connectivity index (χ2v) is 11.9. The molecule has 0 aromatic heterocycles. The van der Waals surface area contributed by atoms with Crippen LogP contribution in [0.5, 0.6) is 0 Å². The molecule has 0 radical (unpaired) electrons. The number of carbonyl (C=O) groups is 3. The number of ether oxygens (including phenoxy) is 5. The topological polar surface area (TPSA) is 134 Å². The summed E-state index contributed by atoms with van der Waals surface area (Å²) in [5, 5.41) is 10.6. The van der Waals surface area contributed by atoms with Crippen LogP contribution in [0.2, 0.25) is 0 Å². The van der Waals surface area contributed by atoms with E-state index in [0.29, 0.717) is 75.4 Å². The van der Waals surface area contributed by atoms with Crippen LogP contribution in [0.4, 0.5) is 41.1 Å². The Balaban J connectivity index is 0.984. The molecule has 1 N–H and O–H groups in total. The van der Waals surface area contributed by atoms with Gasteiger partial charge in [0, 0.05) is 33.1 Å². The first-order valence-electron chi connectivity index (χ1n) is 15.9. The largest absolute Gasteiger partial charge is 0.442 e. The van der Waals surface area contributed by atoms with Crippen molar-refractivity contribution < 1.29 is 52.0 Å². The number of nitrogens with zero attached hydrogens (tertiary/aromatic N) is 5. The van der Waals surface area contributed by atoms with Crippen LogP contribution in [0.3, 0.4) is 0 Å². The van der Waals surface area contributed by atoms with Gasteiger partial charge in [-0.25, -0.2) is 18.4 Å². The first kappa shape index (κ1) is 33.6. The molecule has 4 fully saturated rings. The van der Waals surface area contributed by atoms with Gasteiger partial charge in [0.25, 0.3) is 0 Å². The molecule has 16 heteroatoms. The molecule has 4 aliphatic rings. The van der Waals surface area contributed by atoms with Gasteiger partial charge in [-0.2, -0.15) is 0 Å². The average Bonchev–Trinajstić information content (AvgIpc) is 3.65. The van der Waals surface area contributed by atoms with E-state index in [2.05, 4.69) is 0 Å². The molecule has 0 spiro atoms. The Morgan fingerprint density at radius 3 is 1.81 bits per heavy atom. The molecule has 3 atom stereocenters. The smallest absolute Gasteiger partial charge is 0.414 e. The predicted octanol–water partition coefficient (Wildman–Crippen LogP) is 2.17. The van der Waals surface area contributed by atoms with Crippen molar-refractivity contribution in [2.24, 2.45) is 0 Å². The second kappa shape index (κ2) is 14.9. The quantitative estimate of drug-likeness (QED) is 0.352. The van der Waals surface area contributed by atoms with E-state index in [4.69, 9.17) is 23.7 Å². The number of halogens is 2. The summed E-state index contributed by atoms with van der Waals surface area (Å²) in [6.45, 7) is 5.29. The summed E-state index contributed by atoms with van der Waals surface area (Å²) in [7, 11) is 0. The van der Waals surface area contributed by atoms with E-state index in [1.54, 1.807) is 24.3 Å². The molecule has 4 saturated heterocycles. The number of aliphatic hydroxyl groups excluding tert-OH is 1. The van der Waals surface area contributed by atoms with Gasteiger partial charge in [0.05, 0.1) is 82.0 Å². The number of morpholine rings is 2. The molecule has 48 heavy (non-hydrogen) atoms. The lowest BCUT2D eigenvalue weighted by Crippen LogP contribution is -2.43.